The third-order valence-electron chi connectivity index (χ3n) is 6.37. The highest BCUT2D eigenvalue weighted by molar-refractivity contribution is 6.30. The highest BCUT2D eigenvalue weighted by atomic mass is 35.5. The molecule has 1 atom stereocenters. The Balaban J connectivity index is 1.91. The minimum atomic E-state index is -0.949. The number of amides is 1. The SMILES string of the molecule is CCC1(C(=O)NC[C@](CF)(Cc2ccc(Cl)cc2)c2cccc(C#N)c2)CCC1. The number of nitriles is 1. The van der Waals surface area contributed by atoms with Crippen molar-refractivity contribution < 1.29 is 9.18 Å². The number of carbonyl (C=O) groups excluding carboxylic acids is 1. The van der Waals surface area contributed by atoms with Gasteiger partial charge in [0.15, 0.2) is 0 Å². The van der Waals surface area contributed by atoms with Crippen molar-refractivity contribution in [3.05, 3.63) is 70.2 Å². The molecule has 1 aliphatic carbocycles. The molecule has 1 fully saturated rings. The lowest BCUT2D eigenvalue weighted by Gasteiger charge is -2.41. The molecule has 2 aromatic rings. The average Bonchev–Trinajstić information content (AvgIpc) is 2.72. The molecule has 0 radical (unpaired) electrons. The molecule has 0 aromatic heterocycles. The first kappa shape index (κ1) is 21.3. The van der Waals surface area contributed by atoms with Gasteiger partial charge >= 0.3 is 0 Å². The van der Waals surface area contributed by atoms with Crippen molar-refractivity contribution in [3.63, 3.8) is 0 Å². The summed E-state index contributed by atoms with van der Waals surface area (Å²) in [4.78, 5) is 12.9. The zero-order valence-corrected chi connectivity index (χ0v) is 17.4. The van der Waals surface area contributed by atoms with Crippen LogP contribution in [0.25, 0.3) is 0 Å². The summed E-state index contributed by atoms with van der Waals surface area (Å²) in [5, 5.41) is 13.0. The van der Waals surface area contributed by atoms with Crippen LogP contribution in [0.15, 0.2) is 48.5 Å². The second-order valence-electron chi connectivity index (χ2n) is 8.08. The Kier molecular flexibility index (Phi) is 6.59. The molecule has 0 bridgehead atoms. The maximum Gasteiger partial charge on any atom is 0.226 e. The normalized spacial score (nSPS) is 16.9. The largest absolute Gasteiger partial charge is 0.355 e. The van der Waals surface area contributed by atoms with Crippen LogP contribution in [-0.4, -0.2) is 19.1 Å². The molecule has 1 amide bonds. The van der Waals surface area contributed by atoms with E-state index in [1.54, 1.807) is 30.3 Å². The van der Waals surface area contributed by atoms with E-state index in [2.05, 4.69) is 11.4 Å². The van der Waals surface area contributed by atoms with Crippen LogP contribution in [0.1, 0.15) is 49.3 Å². The van der Waals surface area contributed by atoms with Crippen molar-refractivity contribution in [2.75, 3.05) is 13.2 Å². The molecule has 0 aliphatic heterocycles. The van der Waals surface area contributed by atoms with Crippen LogP contribution in [0.4, 0.5) is 4.39 Å². The number of halogens is 2. The number of alkyl halides is 1. The molecule has 1 aliphatic rings. The van der Waals surface area contributed by atoms with E-state index >= 15 is 0 Å². The molecule has 1 N–H and O–H groups in total. The van der Waals surface area contributed by atoms with E-state index < -0.39 is 12.1 Å². The van der Waals surface area contributed by atoms with Gasteiger partial charge in [-0.15, -0.1) is 0 Å². The van der Waals surface area contributed by atoms with Gasteiger partial charge in [0.05, 0.1) is 11.6 Å². The zero-order valence-electron chi connectivity index (χ0n) is 16.7. The molecule has 3 nitrogen and oxygen atoms in total. The lowest BCUT2D eigenvalue weighted by atomic mass is 9.66. The second-order valence-corrected chi connectivity index (χ2v) is 8.52. The predicted molar refractivity (Wildman–Crippen MR) is 114 cm³/mol. The Bertz CT molecular complexity index is 896. The molecule has 3 rings (SSSR count). The Morgan fingerprint density at radius 3 is 2.55 bits per heavy atom. The fourth-order valence-electron chi connectivity index (χ4n) is 4.13. The van der Waals surface area contributed by atoms with Crippen molar-refractivity contribution in [1.29, 1.82) is 5.26 Å². The number of nitrogens with one attached hydrogen (secondary N) is 1. The maximum atomic E-state index is 14.7. The Hall–Kier alpha value is -2.38. The van der Waals surface area contributed by atoms with Gasteiger partial charge in [0, 0.05) is 22.4 Å². The molecule has 1 saturated carbocycles. The molecule has 0 heterocycles. The number of hydrogen-bond donors (Lipinski definition) is 1. The zero-order chi connectivity index (χ0) is 20.9. The molecule has 0 saturated heterocycles. The van der Waals surface area contributed by atoms with Gasteiger partial charge < -0.3 is 5.32 Å². The predicted octanol–water partition coefficient (Wildman–Crippen LogP) is 5.36. The Morgan fingerprint density at radius 2 is 2.00 bits per heavy atom. The highest BCUT2D eigenvalue weighted by Crippen LogP contribution is 2.44. The van der Waals surface area contributed by atoms with Crippen molar-refractivity contribution >= 4 is 17.5 Å². The van der Waals surface area contributed by atoms with Crippen LogP contribution in [-0.2, 0) is 16.6 Å². The van der Waals surface area contributed by atoms with Crippen molar-refractivity contribution in [2.24, 2.45) is 5.41 Å². The number of hydrogen-bond acceptors (Lipinski definition) is 2. The summed E-state index contributed by atoms with van der Waals surface area (Å²) in [6.07, 6.45) is 4.03. The number of carbonyl (C=O) groups is 1. The van der Waals surface area contributed by atoms with Crippen molar-refractivity contribution in [3.8, 4) is 6.07 Å². The third-order valence-corrected chi connectivity index (χ3v) is 6.62. The minimum Gasteiger partial charge on any atom is -0.355 e. The van der Waals surface area contributed by atoms with E-state index in [1.807, 2.05) is 25.1 Å². The average molecular weight is 413 g/mol. The van der Waals surface area contributed by atoms with E-state index in [0.29, 0.717) is 22.6 Å². The van der Waals surface area contributed by atoms with Crippen LogP contribution < -0.4 is 5.32 Å². The molecule has 0 spiro atoms. The molecule has 5 heteroatoms. The highest BCUT2D eigenvalue weighted by Gasteiger charge is 2.43. The molecular weight excluding hydrogens is 387 g/mol. The fourth-order valence-corrected chi connectivity index (χ4v) is 4.26. The van der Waals surface area contributed by atoms with Gasteiger partial charge in [-0.2, -0.15) is 5.26 Å². The molecular formula is C24H26ClFN2O. The monoisotopic (exact) mass is 412 g/mol. The van der Waals surface area contributed by atoms with Crippen LogP contribution in [0.3, 0.4) is 0 Å². The summed E-state index contributed by atoms with van der Waals surface area (Å²) in [5.41, 5.74) is 0.865. The summed E-state index contributed by atoms with van der Waals surface area (Å²) in [6.45, 7) is 1.57. The van der Waals surface area contributed by atoms with Crippen molar-refractivity contribution in [2.45, 2.75) is 44.4 Å². The first-order chi connectivity index (χ1) is 14.0. The number of benzene rings is 2. The van der Waals surface area contributed by atoms with E-state index in [0.717, 1.165) is 31.2 Å². The topological polar surface area (TPSA) is 52.9 Å². The fraction of sp³-hybridized carbons (Fsp3) is 0.417. The summed E-state index contributed by atoms with van der Waals surface area (Å²) in [6, 6.07) is 16.5. The first-order valence-corrected chi connectivity index (χ1v) is 10.4. The summed E-state index contributed by atoms with van der Waals surface area (Å²) in [7, 11) is 0. The van der Waals surface area contributed by atoms with Gasteiger partial charge in [-0.05, 0) is 61.1 Å². The Labute approximate surface area is 176 Å². The quantitative estimate of drug-likeness (QED) is 0.634. The van der Waals surface area contributed by atoms with Gasteiger partial charge in [-0.3, -0.25) is 9.18 Å². The van der Waals surface area contributed by atoms with Gasteiger partial charge in [-0.1, -0.05) is 49.2 Å². The van der Waals surface area contributed by atoms with E-state index in [9.17, 15) is 14.4 Å². The molecule has 0 unspecified atom stereocenters. The van der Waals surface area contributed by atoms with Crippen LogP contribution in [0.5, 0.6) is 0 Å². The third kappa shape index (κ3) is 4.46. The molecule has 2 aromatic carbocycles. The lowest BCUT2D eigenvalue weighted by Crippen LogP contribution is -2.51. The smallest absolute Gasteiger partial charge is 0.226 e. The summed E-state index contributed by atoms with van der Waals surface area (Å²) in [5.74, 6) is 0.0108. The molecule has 152 valence electrons. The summed E-state index contributed by atoms with van der Waals surface area (Å²) >= 11 is 6.00. The van der Waals surface area contributed by atoms with Crippen LogP contribution in [0.2, 0.25) is 5.02 Å². The number of nitrogens with zero attached hydrogens (tertiary/aromatic N) is 1. The van der Waals surface area contributed by atoms with Gasteiger partial charge in [0.25, 0.3) is 0 Å². The van der Waals surface area contributed by atoms with Crippen LogP contribution in [0, 0.1) is 16.7 Å². The van der Waals surface area contributed by atoms with Crippen LogP contribution >= 0.6 is 11.6 Å². The standard InChI is InChI=1S/C24H26ClFN2O/c1-2-23(11-4-12-23)22(29)28-17-24(16-26,14-18-7-9-21(25)10-8-18)20-6-3-5-19(13-20)15-27/h3,5-10,13H,2,4,11-12,14,16-17H2,1H3,(H,28,29)/t24-/m1/s1. The van der Waals surface area contributed by atoms with E-state index in [-0.39, 0.29) is 17.9 Å². The van der Waals surface area contributed by atoms with Gasteiger partial charge in [0.2, 0.25) is 5.91 Å². The number of rotatable bonds is 8. The van der Waals surface area contributed by atoms with E-state index in [1.165, 1.54) is 0 Å². The van der Waals surface area contributed by atoms with Gasteiger partial charge in [-0.25, -0.2) is 0 Å². The van der Waals surface area contributed by atoms with E-state index in [4.69, 9.17) is 11.6 Å². The lowest BCUT2D eigenvalue weighted by molar-refractivity contribution is -0.136. The van der Waals surface area contributed by atoms with Gasteiger partial charge in [0.1, 0.15) is 6.67 Å². The maximum absolute atomic E-state index is 14.7. The summed E-state index contributed by atoms with van der Waals surface area (Å²) < 4.78 is 14.7. The first-order valence-electron chi connectivity index (χ1n) is 10.1. The Morgan fingerprint density at radius 1 is 1.28 bits per heavy atom. The minimum absolute atomic E-state index is 0.0108. The molecule has 29 heavy (non-hydrogen) atoms. The van der Waals surface area contributed by atoms with Crippen molar-refractivity contribution in [1.82, 2.24) is 5.32 Å². The second kappa shape index (κ2) is 8.97.